The molecule has 0 fully saturated rings. The Kier molecular flexibility index (Phi) is 8.97. The number of benzene rings is 1. The Bertz CT molecular complexity index is 617. The Labute approximate surface area is 172 Å². The highest BCUT2D eigenvalue weighted by molar-refractivity contribution is 14.0. The summed E-state index contributed by atoms with van der Waals surface area (Å²) >= 11 is 0. The lowest BCUT2D eigenvalue weighted by molar-refractivity contribution is -0.121. The van der Waals surface area contributed by atoms with E-state index >= 15 is 0 Å². The predicted octanol–water partition coefficient (Wildman–Crippen LogP) is 1.91. The van der Waals surface area contributed by atoms with Gasteiger partial charge >= 0.3 is 0 Å². The first-order valence-electron chi connectivity index (χ1n) is 8.59. The first-order valence-corrected chi connectivity index (χ1v) is 8.59. The van der Waals surface area contributed by atoms with Gasteiger partial charge in [0.05, 0.1) is 6.54 Å². The number of rotatable bonds is 5. The molecule has 2 rings (SSSR count). The summed E-state index contributed by atoms with van der Waals surface area (Å²) < 4.78 is 11.6. The number of nitrogens with zero attached hydrogens (tertiary/aromatic N) is 1. The molecule has 1 aromatic rings. The molecule has 0 saturated heterocycles. The highest BCUT2D eigenvalue weighted by Gasteiger charge is 2.20. The highest BCUT2D eigenvalue weighted by atomic mass is 127. The van der Waals surface area contributed by atoms with Crippen LogP contribution in [0.4, 0.5) is 0 Å². The average molecular weight is 476 g/mol. The molecule has 1 unspecified atom stereocenters. The first-order chi connectivity index (χ1) is 11.9. The summed E-state index contributed by atoms with van der Waals surface area (Å²) in [5, 5.41) is 9.20. The first kappa shape index (κ1) is 22.3. The van der Waals surface area contributed by atoms with E-state index in [1.165, 1.54) is 0 Å². The van der Waals surface area contributed by atoms with Crippen molar-refractivity contribution in [2.45, 2.75) is 39.3 Å². The maximum absolute atomic E-state index is 11.9. The molecule has 1 atom stereocenters. The molecule has 0 radical (unpaired) electrons. The zero-order chi connectivity index (χ0) is 18.3. The van der Waals surface area contributed by atoms with Crippen molar-refractivity contribution in [2.24, 2.45) is 4.99 Å². The quantitative estimate of drug-likeness (QED) is 0.344. The molecular weight excluding hydrogens is 447 g/mol. The number of guanidine groups is 1. The van der Waals surface area contributed by atoms with Crippen LogP contribution in [0.3, 0.4) is 0 Å². The summed E-state index contributed by atoms with van der Waals surface area (Å²) in [6.45, 7) is 9.57. The third kappa shape index (κ3) is 7.67. The van der Waals surface area contributed by atoms with Gasteiger partial charge in [-0.05, 0) is 39.8 Å². The van der Waals surface area contributed by atoms with E-state index < -0.39 is 0 Å². The number of hydrogen-bond donors (Lipinski definition) is 3. The van der Waals surface area contributed by atoms with E-state index in [1.54, 1.807) is 0 Å². The Morgan fingerprint density at radius 3 is 2.58 bits per heavy atom. The van der Waals surface area contributed by atoms with Crippen LogP contribution in [0.1, 0.15) is 27.7 Å². The van der Waals surface area contributed by atoms with Gasteiger partial charge in [0, 0.05) is 12.1 Å². The molecule has 1 heterocycles. The molecule has 1 aliphatic heterocycles. The van der Waals surface area contributed by atoms with Crippen LogP contribution in [0.5, 0.6) is 11.5 Å². The number of carbonyl (C=O) groups excluding carboxylic acids is 1. The molecule has 0 bridgehead atoms. The molecule has 3 N–H and O–H groups in total. The minimum absolute atomic E-state index is 0. The number of carbonyl (C=O) groups is 1. The fraction of sp³-hybridized carbons (Fsp3) is 0.556. The van der Waals surface area contributed by atoms with Crippen LogP contribution < -0.4 is 25.4 Å². The molecule has 0 aromatic heterocycles. The van der Waals surface area contributed by atoms with Gasteiger partial charge < -0.3 is 25.4 Å². The second-order valence-electron chi connectivity index (χ2n) is 6.87. The molecule has 146 valence electrons. The number of para-hydroxylation sites is 2. The predicted molar refractivity (Wildman–Crippen MR) is 114 cm³/mol. The van der Waals surface area contributed by atoms with Crippen molar-refractivity contribution in [1.29, 1.82) is 0 Å². The van der Waals surface area contributed by atoms with Crippen LogP contribution in [0, 0.1) is 0 Å². The lowest BCUT2D eigenvalue weighted by Gasteiger charge is -2.27. The van der Waals surface area contributed by atoms with E-state index in [0.29, 0.717) is 25.7 Å². The minimum atomic E-state index is -0.265. The van der Waals surface area contributed by atoms with E-state index in [4.69, 9.17) is 9.47 Å². The zero-order valence-electron chi connectivity index (χ0n) is 15.8. The number of ether oxygens (including phenoxy) is 2. The Balaban J connectivity index is 0.00000338. The molecule has 0 saturated carbocycles. The molecule has 1 amide bonds. The summed E-state index contributed by atoms with van der Waals surface area (Å²) in [6, 6.07) is 7.60. The number of aliphatic imine (C=N–C) groups is 1. The minimum Gasteiger partial charge on any atom is -0.486 e. The van der Waals surface area contributed by atoms with Crippen molar-refractivity contribution < 1.29 is 14.3 Å². The SMILES string of the molecule is CCNC(=NCC(=O)NC(C)(C)C)NCC1COc2ccccc2O1.I. The summed E-state index contributed by atoms with van der Waals surface area (Å²) in [6.07, 6.45) is -0.123. The average Bonchev–Trinajstić information content (AvgIpc) is 2.55. The Hall–Kier alpha value is -1.71. The van der Waals surface area contributed by atoms with Crippen LogP contribution >= 0.6 is 24.0 Å². The Morgan fingerprint density at radius 2 is 1.92 bits per heavy atom. The van der Waals surface area contributed by atoms with Gasteiger partial charge in [0.25, 0.3) is 0 Å². The lowest BCUT2D eigenvalue weighted by Crippen LogP contribution is -2.46. The fourth-order valence-corrected chi connectivity index (χ4v) is 2.32. The number of amides is 1. The van der Waals surface area contributed by atoms with Crippen molar-refractivity contribution in [3.63, 3.8) is 0 Å². The van der Waals surface area contributed by atoms with Crippen molar-refractivity contribution in [2.75, 3.05) is 26.2 Å². The van der Waals surface area contributed by atoms with E-state index in [9.17, 15) is 4.79 Å². The molecule has 26 heavy (non-hydrogen) atoms. The molecule has 1 aromatic carbocycles. The normalized spacial score (nSPS) is 16.3. The van der Waals surface area contributed by atoms with Gasteiger partial charge in [0.2, 0.25) is 5.91 Å². The zero-order valence-corrected chi connectivity index (χ0v) is 18.1. The monoisotopic (exact) mass is 476 g/mol. The second-order valence-corrected chi connectivity index (χ2v) is 6.87. The van der Waals surface area contributed by atoms with Crippen LogP contribution in [0.15, 0.2) is 29.3 Å². The number of nitrogens with one attached hydrogen (secondary N) is 3. The number of fused-ring (bicyclic) bond motifs is 1. The smallest absolute Gasteiger partial charge is 0.242 e. The summed E-state index contributed by atoms with van der Waals surface area (Å²) in [4.78, 5) is 16.2. The molecule has 7 nitrogen and oxygen atoms in total. The van der Waals surface area contributed by atoms with E-state index in [1.807, 2.05) is 52.0 Å². The molecular formula is C18H29IN4O3. The van der Waals surface area contributed by atoms with Crippen LogP contribution in [0.25, 0.3) is 0 Å². The van der Waals surface area contributed by atoms with Crippen LogP contribution in [-0.2, 0) is 4.79 Å². The third-order valence-electron chi connectivity index (χ3n) is 3.30. The van der Waals surface area contributed by atoms with Crippen molar-refractivity contribution in [3.8, 4) is 11.5 Å². The van der Waals surface area contributed by atoms with Gasteiger partial charge in [0.1, 0.15) is 19.3 Å². The van der Waals surface area contributed by atoms with Crippen LogP contribution in [-0.4, -0.2) is 49.8 Å². The van der Waals surface area contributed by atoms with Gasteiger partial charge in [-0.25, -0.2) is 4.99 Å². The third-order valence-corrected chi connectivity index (χ3v) is 3.30. The van der Waals surface area contributed by atoms with Crippen molar-refractivity contribution in [1.82, 2.24) is 16.0 Å². The van der Waals surface area contributed by atoms with E-state index in [-0.39, 0.29) is 48.1 Å². The van der Waals surface area contributed by atoms with Crippen molar-refractivity contribution >= 4 is 35.8 Å². The largest absolute Gasteiger partial charge is 0.486 e. The molecule has 0 aliphatic carbocycles. The highest BCUT2D eigenvalue weighted by Crippen LogP contribution is 2.30. The van der Waals surface area contributed by atoms with Gasteiger partial charge in [-0.1, -0.05) is 12.1 Å². The second kappa shape index (κ2) is 10.4. The number of hydrogen-bond acceptors (Lipinski definition) is 4. The summed E-state index contributed by atoms with van der Waals surface area (Å²) in [5.41, 5.74) is -0.265. The van der Waals surface area contributed by atoms with Crippen molar-refractivity contribution in [3.05, 3.63) is 24.3 Å². The topological polar surface area (TPSA) is 84.0 Å². The molecule has 0 spiro atoms. The summed E-state index contributed by atoms with van der Waals surface area (Å²) in [7, 11) is 0. The lowest BCUT2D eigenvalue weighted by atomic mass is 10.1. The van der Waals surface area contributed by atoms with Gasteiger partial charge in [-0.3, -0.25) is 4.79 Å². The van der Waals surface area contributed by atoms with E-state index in [2.05, 4.69) is 20.9 Å². The maximum atomic E-state index is 11.9. The Morgan fingerprint density at radius 1 is 1.23 bits per heavy atom. The molecule has 8 heteroatoms. The van der Waals surface area contributed by atoms with Gasteiger partial charge in [0.15, 0.2) is 17.5 Å². The molecule has 1 aliphatic rings. The maximum Gasteiger partial charge on any atom is 0.242 e. The van der Waals surface area contributed by atoms with Gasteiger partial charge in [-0.2, -0.15) is 0 Å². The fourth-order valence-electron chi connectivity index (χ4n) is 2.32. The standard InChI is InChI=1S/C18H28N4O3.HI/c1-5-19-17(21-11-16(23)22-18(2,3)4)20-10-13-12-24-14-8-6-7-9-15(14)25-13;/h6-9,13H,5,10-12H2,1-4H3,(H,22,23)(H2,19,20,21);1H. The number of halogens is 1. The van der Waals surface area contributed by atoms with E-state index in [0.717, 1.165) is 11.5 Å². The van der Waals surface area contributed by atoms with Crippen LogP contribution in [0.2, 0.25) is 0 Å². The summed E-state index contributed by atoms with van der Waals surface area (Å²) in [5.74, 6) is 1.97. The van der Waals surface area contributed by atoms with Gasteiger partial charge in [-0.15, -0.1) is 24.0 Å².